The molecule has 0 unspecified atom stereocenters. The van der Waals surface area contributed by atoms with Gasteiger partial charge in [-0.3, -0.25) is 4.79 Å². The second kappa shape index (κ2) is 8.42. The number of methoxy groups -OCH3 is 1. The van der Waals surface area contributed by atoms with E-state index in [4.69, 9.17) is 9.47 Å². The molecular formula is C19H17BrN2O3S. The molecule has 134 valence electrons. The van der Waals surface area contributed by atoms with Crippen molar-refractivity contribution in [1.29, 1.82) is 0 Å². The number of hydrogen-bond donors (Lipinski definition) is 1. The van der Waals surface area contributed by atoms with E-state index in [1.54, 1.807) is 13.2 Å². The molecule has 0 atom stereocenters. The minimum atomic E-state index is -0.179. The van der Waals surface area contributed by atoms with Crippen LogP contribution in [0.25, 0.3) is 6.08 Å². The lowest BCUT2D eigenvalue weighted by atomic mass is 10.1. The molecule has 2 aromatic rings. The van der Waals surface area contributed by atoms with Crippen molar-refractivity contribution in [2.75, 3.05) is 13.7 Å². The Bertz CT molecular complexity index is 879. The van der Waals surface area contributed by atoms with E-state index in [9.17, 15) is 4.79 Å². The molecule has 1 N–H and O–H groups in total. The Kier molecular flexibility index (Phi) is 6.00. The first-order valence-electron chi connectivity index (χ1n) is 7.95. The maximum absolute atomic E-state index is 12.2. The summed E-state index contributed by atoms with van der Waals surface area (Å²) in [4.78, 5) is 17.3. The van der Waals surface area contributed by atoms with E-state index >= 15 is 0 Å². The number of amides is 1. The van der Waals surface area contributed by atoms with Crippen LogP contribution in [-0.2, 0) is 4.79 Å². The lowest BCUT2D eigenvalue weighted by Gasteiger charge is -2.08. The predicted octanol–water partition coefficient (Wildman–Crippen LogP) is 4.75. The number of benzene rings is 2. The minimum Gasteiger partial charge on any atom is -0.496 e. The lowest BCUT2D eigenvalue weighted by molar-refractivity contribution is -0.115. The number of ether oxygens (including phenoxy) is 2. The van der Waals surface area contributed by atoms with Gasteiger partial charge in [0.2, 0.25) is 0 Å². The van der Waals surface area contributed by atoms with Gasteiger partial charge in [-0.05, 0) is 61.2 Å². The van der Waals surface area contributed by atoms with Crippen LogP contribution in [0.4, 0.5) is 5.69 Å². The van der Waals surface area contributed by atoms with E-state index in [1.165, 1.54) is 11.8 Å². The summed E-state index contributed by atoms with van der Waals surface area (Å²) in [6, 6.07) is 13.1. The zero-order valence-corrected chi connectivity index (χ0v) is 16.7. The van der Waals surface area contributed by atoms with E-state index < -0.39 is 0 Å². The molecule has 1 aliphatic heterocycles. The second-order valence-corrected chi connectivity index (χ2v) is 7.24. The van der Waals surface area contributed by atoms with Gasteiger partial charge in [-0.1, -0.05) is 15.9 Å². The van der Waals surface area contributed by atoms with Crippen LogP contribution < -0.4 is 14.8 Å². The molecule has 0 spiro atoms. The topological polar surface area (TPSA) is 59.9 Å². The van der Waals surface area contributed by atoms with Crippen molar-refractivity contribution < 1.29 is 14.3 Å². The SMILES string of the molecule is CCOc1ccc(/C=C2/SC(=Nc3ccc(Br)cc3)NC2=O)c(OC)c1. The van der Waals surface area contributed by atoms with Crippen molar-refractivity contribution >= 4 is 50.5 Å². The third-order valence-corrected chi connectivity index (χ3v) is 4.95. The monoisotopic (exact) mass is 432 g/mol. The highest BCUT2D eigenvalue weighted by Gasteiger charge is 2.24. The maximum atomic E-state index is 12.2. The Labute approximate surface area is 164 Å². The van der Waals surface area contributed by atoms with Crippen molar-refractivity contribution in [3.05, 3.63) is 57.4 Å². The number of rotatable bonds is 5. The lowest BCUT2D eigenvalue weighted by Crippen LogP contribution is -2.19. The Morgan fingerprint density at radius 2 is 2.00 bits per heavy atom. The Morgan fingerprint density at radius 1 is 1.23 bits per heavy atom. The Morgan fingerprint density at radius 3 is 2.69 bits per heavy atom. The molecule has 5 nitrogen and oxygen atoms in total. The molecular weight excluding hydrogens is 416 g/mol. The van der Waals surface area contributed by atoms with Crippen molar-refractivity contribution in [1.82, 2.24) is 5.32 Å². The molecule has 7 heteroatoms. The summed E-state index contributed by atoms with van der Waals surface area (Å²) in [7, 11) is 1.59. The third-order valence-electron chi connectivity index (χ3n) is 3.51. The number of hydrogen-bond acceptors (Lipinski definition) is 5. The van der Waals surface area contributed by atoms with Gasteiger partial charge in [0.15, 0.2) is 5.17 Å². The quantitative estimate of drug-likeness (QED) is 0.692. The summed E-state index contributed by atoms with van der Waals surface area (Å²) < 4.78 is 11.9. The van der Waals surface area contributed by atoms with Crippen LogP contribution in [0.1, 0.15) is 12.5 Å². The van der Waals surface area contributed by atoms with Crippen LogP contribution in [0.15, 0.2) is 56.8 Å². The highest BCUT2D eigenvalue weighted by molar-refractivity contribution is 9.10. The van der Waals surface area contributed by atoms with Crippen molar-refractivity contribution in [2.45, 2.75) is 6.92 Å². The van der Waals surface area contributed by atoms with Gasteiger partial charge in [-0.25, -0.2) is 4.99 Å². The first-order valence-corrected chi connectivity index (χ1v) is 9.56. The summed E-state index contributed by atoms with van der Waals surface area (Å²) in [5.41, 5.74) is 1.58. The van der Waals surface area contributed by atoms with Crippen LogP contribution in [0.3, 0.4) is 0 Å². The Hall–Kier alpha value is -2.25. The number of thioether (sulfide) groups is 1. The van der Waals surface area contributed by atoms with Crippen LogP contribution in [0.2, 0.25) is 0 Å². The number of aliphatic imine (C=N–C) groups is 1. The normalized spacial score (nSPS) is 16.8. The van der Waals surface area contributed by atoms with E-state index in [0.29, 0.717) is 22.4 Å². The number of carbonyl (C=O) groups excluding carboxylic acids is 1. The molecule has 2 aromatic carbocycles. The standard InChI is InChI=1S/C19H17BrN2O3S/c1-3-25-15-9-4-12(16(11-15)24-2)10-17-18(23)22-19(26-17)21-14-7-5-13(20)6-8-14/h4-11H,3H2,1-2H3,(H,21,22,23)/b17-10+. The van der Waals surface area contributed by atoms with E-state index in [-0.39, 0.29) is 5.91 Å². The molecule has 0 aliphatic carbocycles. The number of carbonyl (C=O) groups is 1. The molecule has 0 saturated carbocycles. The van der Waals surface area contributed by atoms with Crippen LogP contribution in [0.5, 0.6) is 11.5 Å². The summed E-state index contributed by atoms with van der Waals surface area (Å²) in [6.45, 7) is 2.51. The number of halogens is 1. The predicted molar refractivity (Wildman–Crippen MR) is 109 cm³/mol. The van der Waals surface area contributed by atoms with Crippen molar-refractivity contribution in [2.24, 2.45) is 4.99 Å². The first-order chi connectivity index (χ1) is 12.6. The molecule has 1 saturated heterocycles. The average molecular weight is 433 g/mol. The van der Waals surface area contributed by atoms with Crippen LogP contribution >= 0.6 is 27.7 Å². The summed E-state index contributed by atoms with van der Waals surface area (Å²) in [5.74, 6) is 1.20. The first kappa shape index (κ1) is 18.5. The van der Waals surface area contributed by atoms with Gasteiger partial charge >= 0.3 is 0 Å². The van der Waals surface area contributed by atoms with Crippen molar-refractivity contribution in [3.8, 4) is 11.5 Å². The molecule has 26 heavy (non-hydrogen) atoms. The maximum Gasteiger partial charge on any atom is 0.264 e. The number of amidine groups is 1. The van der Waals surface area contributed by atoms with Crippen LogP contribution in [-0.4, -0.2) is 24.8 Å². The van der Waals surface area contributed by atoms with Gasteiger partial charge in [-0.15, -0.1) is 0 Å². The minimum absolute atomic E-state index is 0.179. The summed E-state index contributed by atoms with van der Waals surface area (Å²) in [5, 5.41) is 3.33. The third kappa shape index (κ3) is 4.47. The highest BCUT2D eigenvalue weighted by Crippen LogP contribution is 2.32. The van der Waals surface area contributed by atoms with Crippen LogP contribution in [0, 0.1) is 0 Å². The van der Waals surface area contributed by atoms with Crippen molar-refractivity contribution in [3.63, 3.8) is 0 Å². The molecule has 0 aromatic heterocycles. The van der Waals surface area contributed by atoms with E-state index in [0.717, 1.165) is 21.5 Å². The zero-order valence-electron chi connectivity index (χ0n) is 14.3. The van der Waals surface area contributed by atoms with Gasteiger partial charge in [0.25, 0.3) is 5.91 Å². The number of nitrogens with one attached hydrogen (secondary N) is 1. The highest BCUT2D eigenvalue weighted by atomic mass is 79.9. The second-order valence-electron chi connectivity index (χ2n) is 5.29. The molecule has 1 heterocycles. The fourth-order valence-corrected chi connectivity index (χ4v) is 3.42. The summed E-state index contributed by atoms with van der Waals surface area (Å²) in [6.07, 6.45) is 1.79. The van der Waals surface area contributed by atoms with E-state index in [2.05, 4.69) is 26.2 Å². The van der Waals surface area contributed by atoms with Gasteiger partial charge in [0.1, 0.15) is 11.5 Å². The van der Waals surface area contributed by atoms with Gasteiger partial charge in [0.05, 0.1) is 24.3 Å². The van der Waals surface area contributed by atoms with Gasteiger partial charge < -0.3 is 14.8 Å². The fraction of sp³-hybridized carbons (Fsp3) is 0.158. The molecule has 0 radical (unpaired) electrons. The Balaban J connectivity index is 1.83. The van der Waals surface area contributed by atoms with Gasteiger partial charge in [0, 0.05) is 16.1 Å². The molecule has 1 fully saturated rings. The van der Waals surface area contributed by atoms with Gasteiger partial charge in [-0.2, -0.15) is 0 Å². The van der Waals surface area contributed by atoms with E-state index in [1.807, 2.05) is 49.4 Å². The molecule has 0 bridgehead atoms. The largest absolute Gasteiger partial charge is 0.496 e. The fourth-order valence-electron chi connectivity index (χ4n) is 2.32. The molecule has 1 amide bonds. The number of nitrogens with zero attached hydrogens (tertiary/aromatic N) is 1. The average Bonchev–Trinajstić information content (AvgIpc) is 2.97. The zero-order chi connectivity index (χ0) is 18.5. The molecule has 1 aliphatic rings. The molecule has 3 rings (SSSR count). The smallest absolute Gasteiger partial charge is 0.264 e. The summed E-state index contributed by atoms with van der Waals surface area (Å²) >= 11 is 4.69.